The number of carbonyl (C=O) groups excluding carboxylic acids is 1. The van der Waals surface area contributed by atoms with Gasteiger partial charge in [0.25, 0.3) is 0 Å². The van der Waals surface area contributed by atoms with Crippen LogP contribution in [0.2, 0.25) is 0 Å². The zero-order valence-corrected chi connectivity index (χ0v) is 20.2. The monoisotopic (exact) mass is 513 g/mol. The van der Waals surface area contributed by atoms with E-state index in [4.69, 9.17) is 4.74 Å². The Kier molecular flexibility index (Phi) is 7.27. The van der Waals surface area contributed by atoms with Crippen molar-refractivity contribution in [2.45, 2.75) is 44.6 Å². The van der Waals surface area contributed by atoms with Crippen LogP contribution in [-0.2, 0) is 35.2 Å². The van der Waals surface area contributed by atoms with E-state index in [9.17, 15) is 33.0 Å². The van der Waals surface area contributed by atoms with E-state index in [1.165, 1.54) is 25.0 Å². The van der Waals surface area contributed by atoms with E-state index in [-0.39, 0.29) is 18.5 Å². The third-order valence-electron chi connectivity index (χ3n) is 6.59. The quantitative estimate of drug-likeness (QED) is 0.464. The molecule has 2 atom stereocenters. The lowest BCUT2D eigenvalue weighted by atomic mass is 9.93. The molecule has 0 fully saturated rings. The van der Waals surface area contributed by atoms with Crippen molar-refractivity contribution < 1.29 is 37.7 Å². The average Bonchev–Trinajstić information content (AvgIpc) is 3.16. The van der Waals surface area contributed by atoms with Crippen LogP contribution >= 0.6 is 0 Å². The molecule has 0 aliphatic heterocycles. The topological polar surface area (TPSA) is 87.1 Å². The van der Waals surface area contributed by atoms with Crippen molar-refractivity contribution >= 4 is 11.9 Å². The van der Waals surface area contributed by atoms with Gasteiger partial charge in [-0.2, -0.15) is 13.2 Å². The first-order valence-electron chi connectivity index (χ1n) is 11.6. The zero-order chi connectivity index (χ0) is 26.9. The minimum absolute atomic E-state index is 0.187. The number of benzene rings is 3. The van der Waals surface area contributed by atoms with Gasteiger partial charge in [-0.05, 0) is 52.1 Å². The highest BCUT2D eigenvalue weighted by molar-refractivity contribution is 5.78. The Labute approximate surface area is 211 Å². The fraction of sp³-hybridized carbons (Fsp3) is 0.286. The molecular formula is C28H26F3NO5. The number of nitrogens with zero attached hydrogens (tertiary/aromatic N) is 1. The van der Waals surface area contributed by atoms with Gasteiger partial charge in [-0.1, -0.05) is 36.4 Å². The van der Waals surface area contributed by atoms with Crippen molar-refractivity contribution in [3.63, 3.8) is 0 Å². The minimum atomic E-state index is -4.62. The molecule has 6 nitrogen and oxygen atoms in total. The number of amides is 1. The lowest BCUT2D eigenvalue weighted by Crippen LogP contribution is -2.37. The van der Waals surface area contributed by atoms with E-state index in [2.05, 4.69) is 0 Å². The van der Waals surface area contributed by atoms with Crippen LogP contribution in [0.15, 0.2) is 60.7 Å². The van der Waals surface area contributed by atoms with Crippen LogP contribution in [0.25, 0.3) is 11.1 Å². The number of hydrogen-bond acceptors (Lipinski definition) is 4. The number of aliphatic hydroxyl groups excluding tert-OH is 1. The summed E-state index contributed by atoms with van der Waals surface area (Å²) in [6, 6.07) is 14.5. The number of rotatable bonds is 7. The third-order valence-corrected chi connectivity index (χ3v) is 6.59. The highest BCUT2D eigenvalue weighted by atomic mass is 19.4. The van der Waals surface area contributed by atoms with Crippen LogP contribution in [0.1, 0.15) is 40.8 Å². The lowest BCUT2D eigenvalue weighted by molar-refractivity contribution is -0.138. The molecule has 0 spiro atoms. The van der Waals surface area contributed by atoms with Crippen molar-refractivity contribution in [2.24, 2.45) is 0 Å². The summed E-state index contributed by atoms with van der Waals surface area (Å²) in [4.78, 5) is 25.5. The summed E-state index contributed by atoms with van der Waals surface area (Å²) < 4.78 is 46.5. The normalized spacial score (nSPS) is 16.8. The largest absolute Gasteiger partial charge is 0.496 e. The minimum Gasteiger partial charge on any atom is -0.496 e. The Hall–Kier alpha value is -3.85. The van der Waals surface area contributed by atoms with E-state index in [1.54, 1.807) is 30.3 Å². The molecule has 0 bridgehead atoms. The fourth-order valence-electron chi connectivity index (χ4n) is 4.93. The van der Waals surface area contributed by atoms with Crippen molar-refractivity contribution in [1.29, 1.82) is 0 Å². The molecule has 3 aromatic rings. The highest BCUT2D eigenvalue weighted by Crippen LogP contribution is 2.41. The van der Waals surface area contributed by atoms with Gasteiger partial charge in [0.05, 0.1) is 31.2 Å². The third kappa shape index (κ3) is 5.46. The van der Waals surface area contributed by atoms with Gasteiger partial charge in [-0.25, -0.2) is 0 Å². The summed E-state index contributed by atoms with van der Waals surface area (Å²) in [5, 5.41) is 20.0. The molecule has 0 radical (unpaired) electrons. The second kappa shape index (κ2) is 10.3. The van der Waals surface area contributed by atoms with Crippen molar-refractivity contribution in [3.05, 3.63) is 88.5 Å². The number of alkyl halides is 3. The summed E-state index contributed by atoms with van der Waals surface area (Å²) >= 11 is 0. The molecule has 1 amide bonds. The van der Waals surface area contributed by atoms with Crippen LogP contribution < -0.4 is 4.74 Å². The van der Waals surface area contributed by atoms with Gasteiger partial charge >= 0.3 is 12.1 Å². The predicted octanol–water partition coefficient (Wildman–Crippen LogP) is 5.01. The Morgan fingerprint density at radius 1 is 1.05 bits per heavy atom. The smallest absolute Gasteiger partial charge is 0.416 e. The maximum absolute atomic E-state index is 13.7. The van der Waals surface area contributed by atoms with Crippen LogP contribution in [0.3, 0.4) is 0 Å². The second-order valence-electron chi connectivity index (χ2n) is 9.04. The summed E-state index contributed by atoms with van der Waals surface area (Å²) in [7, 11) is 1.41. The molecule has 2 N–H and O–H groups in total. The number of carbonyl (C=O) groups is 2. The molecule has 1 aliphatic carbocycles. The molecule has 0 unspecified atom stereocenters. The Morgan fingerprint density at radius 2 is 1.78 bits per heavy atom. The van der Waals surface area contributed by atoms with Crippen molar-refractivity contribution in [1.82, 2.24) is 4.90 Å². The van der Waals surface area contributed by atoms with Gasteiger partial charge in [0.15, 0.2) is 0 Å². The molecule has 0 saturated heterocycles. The van der Waals surface area contributed by atoms with Crippen LogP contribution in [-0.4, -0.2) is 40.2 Å². The molecule has 0 saturated carbocycles. The summed E-state index contributed by atoms with van der Waals surface area (Å²) in [6.07, 6.45) is -5.49. The Balaban J connectivity index is 1.86. The average molecular weight is 514 g/mol. The highest BCUT2D eigenvalue weighted by Gasteiger charge is 2.38. The van der Waals surface area contributed by atoms with Gasteiger partial charge in [0.1, 0.15) is 5.75 Å². The number of halogens is 3. The van der Waals surface area contributed by atoms with Gasteiger partial charge in [0, 0.05) is 25.5 Å². The van der Waals surface area contributed by atoms with Crippen LogP contribution in [0, 0.1) is 0 Å². The van der Waals surface area contributed by atoms with E-state index in [0.29, 0.717) is 28.9 Å². The molecule has 9 heteroatoms. The maximum atomic E-state index is 13.7. The van der Waals surface area contributed by atoms with Gasteiger partial charge in [-0.15, -0.1) is 0 Å². The molecule has 3 aromatic carbocycles. The number of methoxy groups -OCH3 is 1. The molecule has 37 heavy (non-hydrogen) atoms. The standard InChI is InChI=1S/C28H26F3NO5/c1-16(33)32(27-22-6-4-3-5-18(22)14-24(27)34)15-19-13-20(28(29,30)31)8-9-21(19)23-11-17(12-26(35)36)7-10-25(23)37-2/h3-11,13,24,27,34H,12,14-15H2,1-2H3,(H,35,36)/t24-,27+/m0/s1. The molecule has 194 valence electrons. The molecule has 0 aromatic heterocycles. The first-order valence-corrected chi connectivity index (χ1v) is 11.6. The van der Waals surface area contributed by atoms with E-state index < -0.39 is 35.8 Å². The van der Waals surface area contributed by atoms with E-state index in [1.807, 2.05) is 12.1 Å². The summed E-state index contributed by atoms with van der Waals surface area (Å²) in [5.41, 5.74) is 2.14. The van der Waals surface area contributed by atoms with E-state index in [0.717, 1.165) is 23.3 Å². The summed E-state index contributed by atoms with van der Waals surface area (Å²) in [6.45, 7) is 1.10. The van der Waals surface area contributed by atoms with Crippen LogP contribution in [0.4, 0.5) is 13.2 Å². The predicted molar refractivity (Wildman–Crippen MR) is 130 cm³/mol. The van der Waals surface area contributed by atoms with Crippen molar-refractivity contribution in [3.8, 4) is 16.9 Å². The van der Waals surface area contributed by atoms with Gasteiger partial charge < -0.3 is 19.8 Å². The SMILES string of the molecule is COc1ccc(CC(=O)O)cc1-c1ccc(C(F)(F)F)cc1CN(C(C)=O)[C@@H]1c2ccccc2C[C@@H]1O. The van der Waals surface area contributed by atoms with Crippen molar-refractivity contribution in [2.75, 3.05) is 7.11 Å². The first kappa shape index (κ1) is 26.2. The van der Waals surface area contributed by atoms with E-state index >= 15 is 0 Å². The first-order chi connectivity index (χ1) is 17.5. The number of ether oxygens (including phenoxy) is 1. The molecule has 0 heterocycles. The number of carboxylic acids is 1. The lowest BCUT2D eigenvalue weighted by Gasteiger charge is -2.32. The Bertz CT molecular complexity index is 1340. The number of aliphatic carboxylic acids is 1. The number of aliphatic hydroxyl groups is 1. The molecular weight excluding hydrogens is 487 g/mol. The fourth-order valence-corrected chi connectivity index (χ4v) is 4.93. The van der Waals surface area contributed by atoms with Gasteiger partial charge in [0.2, 0.25) is 5.91 Å². The summed E-state index contributed by atoms with van der Waals surface area (Å²) in [5.74, 6) is -1.12. The zero-order valence-electron chi connectivity index (χ0n) is 20.2. The van der Waals surface area contributed by atoms with Gasteiger partial charge in [-0.3, -0.25) is 9.59 Å². The maximum Gasteiger partial charge on any atom is 0.416 e. The second-order valence-corrected chi connectivity index (χ2v) is 9.04. The number of fused-ring (bicyclic) bond motifs is 1. The van der Waals surface area contributed by atoms with Crippen LogP contribution in [0.5, 0.6) is 5.75 Å². The number of hydrogen-bond donors (Lipinski definition) is 2. The Morgan fingerprint density at radius 3 is 2.43 bits per heavy atom. The number of carboxylic acid groups (broad SMARTS) is 1. The molecule has 4 rings (SSSR count). The molecule has 1 aliphatic rings.